The van der Waals surface area contributed by atoms with Crippen LogP contribution in [0.5, 0.6) is 0 Å². The molecule has 1 aliphatic heterocycles. The molecule has 0 radical (unpaired) electrons. The van der Waals surface area contributed by atoms with Gasteiger partial charge in [0.2, 0.25) is 5.91 Å². The van der Waals surface area contributed by atoms with E-state index in [1.165, 1.54) is 12.1 Å². The molecule has 18 heavy (non-hydrogen) atoms. The van der Waals surface area contributed by atoms with Gasteiger partial charge >= 0.3 is 5.97 Å². The van der Waals surface area contributed by atoms with Gasteiger partial charge in [-0.05, 0) is 43.7 Å². The lowest BCUT2D eigenvalue weighted by Crippen LogP contribution is -2.41. The molecule has 5 heteroatoms. The Hall–Kier alpha value is -1.88. The van der Waals surface area contributed by atoms with Gasteiger partial charge in [0.1, 0.15) is 0 Å². The average molecular weight is 248 g/mol. The molecule has 0 bridgehead atoms. The van der Waals surface area contributed by atoms with Crippen LogP contribution in [-0.2, 0) is 4.79 Å². The fraction of sp³-hybridized carbons (Fsp3) is 0.385. The fourth-order valence-electron chi connectivity index (χ4n) is 2.08. The maximum absolute atomic E-state index is 12.1. The van der Waals surface area contributed by atoms with E-state index in [0.717, 1.165) is 19.4 Å². The molecule has 96 valence electrons. The SMILES string of the molecule is CN(C(=O)C1CCCN1)c1ccc(C(=O)O)cc1. The smallest absolute Gasteiger partial charge is 0.335 e. The quantitative estimate of drug-likeness (QED) is 0.840. The number of rotatable bonds is 3. The molecule has 1 aliphatic rings. The standard InChI is InChI=1S/C13H16N2O3/c1-15(12(16)11-3-2-8-14-11)10-6-4-9(5-7-10)13(17)18/h4-7,11,14H,2-3,8H2,1H3,(H,17,18). The number of benzene rings is 1. The van der Waals surface area contributed by atoms with Gasteiger partial charge in [-0.3, -0.25) is 4.79 Å². The Balaban J connectivity index is 2.10. The van der Waals surface area contributed by atoms with Crippen LogP contribution in [-0.4, -0.2) is 36.6 Å². The molecule has 1 aromatic rings. The zero-order valence-corrected chi connectivity index (χ0v) is 10.2. The van der Waals surface area contributed by atoms with Crippen LogP contribution >= 0.6 is 0 Å². The van der Waals surface area contributed by atoms with E-state index in [-0.39, 0.29) is 17.5 Å². The number of carbonyl (C=O) groups is 2. The molecule has 1 unspecified atom stereocenters. The van der Waals surface area contributed by atoms with Crippen LogP contribution < -0.4 is 10.2 Å². The van der Waals surface area contributed by atoms with Gasteiger partial charge in [-0.1, -0.05) is 0 Å². The van der Waals surface area contributed by atoms with Gasteiger partial charge in [-0.2, -0.15) is 0 Å². The van der Waals surface area contributed by atoms with Crippen molar-refractivity contribution < 1.29 is 14.7 Å². The summed E-state index contributed by atoms with van der Waals surface area (Å²) in [5.41, 5.74) is 0.928. The Labute approximate surface area is 105 Å². The lowest BCUT2D eigenvalue weighted by molar-refractivity contribution is -0.119. The summed E-state index contributed by atoms with van der Waals surface area (Å²) < 4.78 is 0. The van der Waals surface area contributed by atoms with Gasteiger partial charge in [0.15, 0.2) is 0 Å². The first-order chi connectivity index (χ1) is 8.59. The van der Waals surface area contributed by atoms with Crippen molar-refractivity contribution in [3.05, 3.63) is 29.8 Å². The summed E-state index contributed by atoms with van der Waals surface area (Å²) in [5.74, 6) is -0.941. The largest absolute Gasteiger partial charge is 0.478 e. The predicted molar refractivity (Wildman–Crippen MR) is 67.8 cm³/mol. The Morgan fingerprint density at radius 2 is 2.00 bits per heavy atom. The second-order valence-electron chi connectivity index (χ2n) is 4.40. The van der Waals surface area contributed by atoms with E-state index < -0.39 is 5.97 Å². The maximum Gasteiger partial charge on any atom is 0.335 e. The zero-order chi connectivity index (χ0) is 13.1. The summed E-state index contributed by atoms with van der Waals surface area (Å²) >= 11 is 0. The fourth-order valence-corrected chi connectivity index (χ4v) is 2.08. The van der Waals surface area contributed by atoms with Crippen molar-refractivity contribution in [1.82, 2.24) is 5.32 Å². The van der Waals surface area contributed by atoms with E-state index in [2.05, 4.69) is 5.32 Å². The number of hydrogen-bond acceptors (Lipinski definition) is 3. The molecule has 1 heterocycles. The second-order valence-corrected chi connectivity index (χ2v) is 4.40. The molecular weight excluding hydrogens is 232 g/mol. The van der Waals surface area contributed by atoms with Gasteiger partial charge in [-0.25, -0.2) is 4.79 Å². The molecule has 0 saturated carbocycles. The summed E-state index contributed by atoms with van der Waals surface area (Å²) in [6.45, 7) is 0.877. The van der Waals surface area contributed by atoms with E-state index in [1.807, 2.05) is 0 Å². The monoisotopic (exact) mass is 248 g/mol. The van der Waals surface area contributed by atoms with Crippen molar-refractivity contribution in [3.63, 3.8) is 0 Å². The predicted octanol–water partition coefficient (Wildman–Crippen LogP) is 1.10. The van der Waals surface area contributed by atoms with E-state index >= 15 is 0 Å². The number of anilines is 1. The first kappa shape index (κ1) is 12.6. The molecule has 1 atom stereocenters. The van der Waals surface area contributed by atoms with E-state index in [0.29, 0.717) is 5.69 Å². The number of amides is 1. The first-order valence-electron chi connectivity index (χ1n) is 5.94. The number of hydrogen-bond donors (Lipinski definition) is 2. The molecule has 0 spiro atoms. The Morgan fingerprint density at radius 3 is 2.50 bits per heavy atom. The molecule has 0 aliphatic carbocycles. The number of likely N-dealkylation sites (N-methyl/N-ethyl adjacent to an activating group) is 1. The van der Waals surface area contributed by atoms with Crippen LogP contribution in [0.4, 0.5) is 5.69 Å². The van der Waals surface area contributed by atoms with Crippen LogP contribution in [0.1, 0.15) is 23.2 Å². The summed E-state index contributed by atoms with van der Waals surface area (Å²) in [4.78, 5) is 24.4. The third-order valence-corrected chi connectivity index (χ3v) is 3.19. The molecule has 1 amide bonds. The summed E-state index contributed by atoms with van der Waals surface area (Å²) in [7, 11) is 1.71. The summed E-state index contributed by atoms with van der Waals surface area (Å²) in [6, 6.07) is 6.19. The lowest BCUT2D eigenvalue weighted by Gasteiger charge is -2.21. The molecule has 1 aromatic carbocycles. The Kier molecular flexibility index (Phi) is 3.62. The number of nitrogens with zero attached hydrogens (tertiary/aromatic N) is 1. The van der Waals surface area contributed by atoms with Crippen molar-refractivity contribution >= 4 is 17.6 Å². The third kappa shape index (κ3) is 2.51. The van der Waals surface area contributed by atoms with Crippen molar-refractivity contribution in [2.45, 2.75) is 18.9 Å². The zero-order valence-electron chi connectivity index (χ0n) is 10.2. The van der Waals surface area contributed by atoms with Crippen molar-refractivity contribution in [3.8, 4) is 0 Å². The Morgan fingerprint density at radius 1 is 1.33 bits per heavy atom. The molecule has 1 fully saturated rings. The second kappa shape index (κ2) is 5.18. The van der Waals surface area contributed by atoms with Gasteiger partial charge in [-0.15, -0.1) is 0 Å². The highest BCUT2D eigenvalue weighted by Gasteiger charge is 2.25. The maximum atomic E-state index is 12.1. The van der Waals surface area contributed by atoms with Crippen molar-refractivity contribution in [2.24, 2.45) is 0 Å². The molecule has 2 rings (SSSR count). The van der Waals surface area contributed by atoms with E-state index in [4.69, 9.17) is 5.11 Å². The van der Waals surface area contributed by atoms with Gasteiger partial charge in [0.25, 0.3) is 0 Å². The van der Waals surface area contributed by atoms with Crippen molar-refractivity contribution in [1.29, 1.82) is 0 Å². The highest BCUT2D eigenvalue weighted by molar-refractivity contribution is 5.97. The minimum Gasteiger partial charge on any atom is -0.478 e. The molecular formula is C13H16N2O3. The minimum absolute atomic E-state index is 0.0237. The number of carboxylic acids is 1. The number of carboxylic acid groups (broad SMARTS) is 1. The van der Waals surface area contributed by atoms with Gasteiger partial charge in [0, 0.05) is 12.7 Å². The van der Waals surface area contributed by atoms with Gasteiger partial charge < -0.3 is 15.3 Å². The molecule has 2 N–H and O–H groups in total. The number of nitrogens with one attached hydrogen (secondary N) is 1. The summed E-state index contributed by atoms with van der Waals surface area (Å²) in [6.07, 6.45) is 1.87. The number of aromatic carboxylic acids is 1. The van der Waals surface area contributed by atoms with Crippen LogP contribution in [0, 0.1) is 0 Å². The van der Waals surface area contributed by atoms with Crippen LogP contribution in [0.15, 0.2) is 24.3 Å². The topological polar surface area (TPSA) is 69.6 Å². The minimum atomic E-state index is -0.965. The first-order valence-corrected chi connectivity index (χ1v) is 5.94. The molecule has 1 saturated heterocycles. The van der Waals surface area contributed by atoms with Crippen molar-refractivity contribution in [2.75, 3.05) is 18.5 Å². The Bertz CT molecular complexity index is 450. The highest BCUT2D eigenvalue weighted by Crippen LogP contribution is 2.17. The van der Waals surface area contributed by atoms with Gasteiger partial charge in [0.05, 0.1) is 11.6 Å². The highest BCUT2D eigenvalue weighted by atomic mass is 16.4. The molecule has 0 aromatic heterocycles. The third-order valence-electron chi connectivity index (χ3n) is 3.19. The lowest BCUT2D eigenvalue weighted by atomic mass is 10.1. The average Bonchev–Trinajstić information content (AvgIpc) is 2.91. The molecule has 5 nitrogen and oxygen atoms in total. The van der Waals surface area contributed by atoms with Crippen LogP contribution in [0.25, 0.3) is 0 Å². The van der Waals surface area contributed by atoms with Crippen LogP contribution in [0.3, 0.4) is 0 Å². The van der Waals surface area contributed by atoms with E-state index in [1.54, 1.807) is 24.1 Å². The van der Waals surface area contributed by atoms with E-state index in [9.17, 15) is 9.59 Å². The summed E-state index contributed by atoms with van der Waals surface area (Å²) in [5, 5.41) is 12.0. The number of carbonyl (C=O) groups excluding carboxylic acids is 1. The van der Waals surface area contributed by atoms with Crippen LogP contribution in [0.2, 0.25) is 0 Å². The normalized spacial score (nSPS) is 18.6.